The summed E-state index contributed by atoms with van der Waals surface area (Å²) in [5.41, 5.74) is 2.42. The van der Waals surface area contributed by atoms with E-state index < -0.39 is 0 Å². The molecule has 0 saturated carbocycles. The van der Waals surface area contributed by atoms with Crippen LogP contribution in [0.25, 0.3) is 10.8 Å². The van der Waals surface area contributed by atoms with E-state index in [1.807, 2.05) is 53.6 Å². The molecule has 3 aromatic carbocycles. The van der Waals surface area contributed by atoms with Crippen LogP contribution in [0.3, 0.4) is 0 Å². The summed E-state index contributed by atoms with van der Waals surface area (Å²) in [6.45, 7) is 8.48. The normalized spacial score (nSPS) is 20.6. The number of hydrogen-bond donors (Lipinski definition) is 0. The number of methoxy groups -OCH3 is 1. The van der Waals surface area contributed by atoms with Gasteiger partial charge in [-0.2, -0.15) is 0 Å². The molecule has 0 aliphatic carbocycles. The first-order valence-corrected chi connectivity index (χ1v) is 16.5. The molecule has 0 aromatic heterocycles. The molecular formula is C36H41N5O5. The number of amides is 3. The zero-order chi connectivity index (χ0) is 31.8. The highest BCUT2D eigenvalue weighted by atomic mass is 16.5. The molecule has 4 heterocycles. The Kier molecular flexibility index (Phi) is 8.48. The summed E-state index contributed by atoms with van der Waals surface area (Å²) in [7, 11) is 1.59. The van der Waals surface area contributed by atoms with Crippen molar-refractivity contribution in [3.05, 3.63) is 65.2 Å². The molecule has 0 bridgehead atoms. The third-order valence-electron chi connectivity index (χ3n) is 9.91. The third-order valence-corrected chi connectivity index (χ3v) is 9.91. The molecule has 2 atom stereocenters. The molecular weight excluding hydrogens is 582 g/mol. The van der Waals surface area contributed by atoms with Crippen LogP contribution in [0.15, 0.2) is 53.5 Å². The topological polar surface area (TPSA) is 95.0 Å². The standard InChI is InChI=1S/C36H41N5O5/c1-3-25(41-35(43)27-11-4-8-24-9-5-12-28(33(24)27)36(41)44)23-39-17-15-38(16-18-39)13-7-19-46-32-21-30-29(20-31(32)45-2)34(42)40-14-6-10-26(40)22-37-30/h4-5,8-9,11-12,20-22,25-26H,3,6-7,10,13-19,23H2,1-2H3/t25?,26-/m0/s1. The number of carbonyl (C=O) groups excluding carboxylic acids is 3. The number of rotatable bonds is 10. The van der Waals surface area contributed by atoms with Crippen molar-refractivity contribution < 1.29 is 23.9 Å². The average Bonchev–Trinajstić information content (AvgIpc) is 3.52. The predicted octanol–water partition coefficient (Wildman–Crippen LogP) is 4.63. The van der Waals surface area contributed by atoms with Crippen molar-refractivity contribution in [2.75, 3.05) is 59.5 Å². The number of aliphatic imine (C=N–C) groups is 1. The first kappa shape index (κ1) is 30.4. The number of nitrogens with zero attached hydrogens (tertiary/aromatic N) is 5. The van der Waals surface area contributed by atoms with Crippen molar-refractivity contribution in [2.24, 2.45) is 4.99 Å². The summed E-state index contributed by atoms with van der Waals surface area (Å²) in [5, 5.41) is 1.70. The second kappa shape index (κ2) is 12.8. The molecule has 7 rings (SSSR count). The van der Waals surface area contributed by atoms with E-state index in [0.717, 1.165) is 69.3 Å². The number of imide groups is 1. The van der Waals surface area contributed by atoms with Gasteiger partial charge in [-0.15, -0.1) is 0 Å². The van der Waals surface area contributed by atoms with Crippen LogP contribution in [0.1, 0.15) is 63.7 Å². The highest BCUT2D eigenvalue weighted by molar-refractivity contribution is 6.25. The maximum atomic E-state index is 13.6. The highest BCUT2D eigenvalue weighted by Crippen LogP contribution is 2.38. The molecule has 10 heteroatoms. The van der Waals surface area contributed by atoms with Gasteiger partial charge in [-0.3, -0.25) is 29.2 Å². The minimum Gasteiger partial charge on any atom is -0.493 e. The molecule has 10 nitrogen and oxygen atoms in total. The fraction of sp³-hybridized carbons (Fsp3) is 0.444. The molecule has 240 valence electrons. The third kappa shape index (κ3) is 5.54. The van der Waals surface area contributed by atoms with Crippen molar-refractivity contribution in [3.8, 4) is 11.5 Å². The Balaban J connectivity index is 0.913. The van der Waals surface area contributed by atoms with Crippen LogP contribution in [0, 0.1) is 0 Å². The minimum absolute atomic E-state index is 0.00124. The van der Waals surface area contributed by atoms with Gasteiger partial charge in [-0.1, -0.05) is 31.2 Å². The van der Waals surface area contributed by atoms with Crippen molar-refractivity contribution in [2.45, 2.75) is 44.7 Å². The Morgan fingerprint density at radius 2 is 1.59 bits per heavy atom. The Hall–Kier alpha value is -4.28. The van der Waals surface area contributed by atoms with Crippen molar-refractivity contribution in [1.29, 1.82) is 0 Å². The molecule has 0 N–H and O–H groups in total. The molecule has 2 fully saturated rings. The second-order valence-corrected chi connectivity index (χ2v) is 12.6. The van der Waals surface area contributed by atoms with E-state index >= 15 is 0 Å². The van der Waals surface area contributed by atoms with Gasteiger partial charge < -0.3 is 19.3 Å². The van der Waals surface area contributed by atoms with Crippen LogP contribution < -0.4 is 9.47 Å². The van der Waals surface area contributed by atoms with Gasteiger partial charge in [0, 0.05) is 74.6 Å². The second-order valence-electron chi connectivity index (χ2n) is 12.6. The summed E-state index contributed by atoms with van der Waals surface area (Å²) >= 11 is 0. The lowest BCUT2D eigenvalue weighted by atomic mass is 9.92. The van der Waals surface area contributed by atoms with Gasteiger partial charge in [0.15, 0.2) is 11.5 Å². The summed E-state index contributed by atoms with van der Waals surface area (Å²) in [4.78, 5) is 53.1. The van der Waals surface area contributed by atoms with E-state index in [-0.39, 0.29) is 29.8 Å². The molecule has 46 heavy (non-hydrogen) atoms. The summed E-state index contributed by atoms with van der Waals surface area (Å²) in [6, 6.07) is 14.8. The maximum absolute atomic E-state index is 13.6. The van der Waals surface area contributed by atoms with Crippen molar-refractivity contribution >= 4 is 40.4 Å². The van der Waals surface area contributed by atoms with Crippen LogP contribution in [-0.4, -0.2) is 115 Å². The van der Waals surface area contributed by atoms with Gasteiger partial charge in [-0.25, -0.2) is 0 Å². The van der Waals surface area contributed by atoms with E-state index in [2.05, 4.69) is 21.7 Å². The highest BCUT2D eigenvalue weighted by Gasteiger charge is 2.38. The van der Waals surface area contributed by atoms with Gasteiger partial charge in [0.25, 0.3) is 17.7 Å². The first-order valence-electron chi connectivity index (χ1n) is 16.5. The van der Waals surface area contributed by atoms with Gasteiger partial charge in [0.1, 0.15) is 0 Å². The van der Waals surface area contributed by atoms with Crippen LogP contribution in [0.5, 0.6) is 11.5 Å². The Bertz CT molecular complexity index is 1650. The zero-order valence-electron chi connectivity index (χ0n) is 26.6. The molecule has 4 aliphatic rings. The first-order chi connectivity index (χ1) is 22.5. The van der Waals surface area contributed by atoms with Gasteiger partial charge in [-0.05, 0) is 49.3 Å². The van der Waals surface area contributed by atoms with E-state index in [0.29, 0.717) is 53.4 Å². The largest absolute Gasteiger partial charge is 0.493 e. The lowest BCUT2D eigenvalue weighted by Gasteiger charge is -2.39. The maximum Gasteiger partial charge on any atom is 0.261 e. The smallest absolute Gasteiger partial charge is 0.261 e. The fourth-order valence-electron chi connectivity index (χ4n) is 7.36. The fourth-order valence-corrected chi connectivity index (χ4v) is 7.36. The van der Waals surface area contributed by atoms with Crippen LogP contribution >= 0.6 is 0 Å². The Labute approximate surface area is 269 Å². The van der Waals surface area contributed by atoms with Crippen molar-refractivity contribution in [3.63, 3.8) is 0 Å². The summed E-state index contributed by atoms with van der Waals surface area (Å²) in [6.07, 6.45) is 5.38. The number of piperazine rings is 1. The molecule has 3 aromatic rings. The number of fused-ring (bicyclic) bond motifs is 2. The number of hydrogen-bond acceptors (Lipinski definition) is 8. The molecule has 0 radical (unpaired) electrons. The number of benzene rings is 3. The van der Waals surface area contributed by atoms with E-state index in [1.54, 1.807) is 13.2 Å². The van der Waals surface area contributed by atoms with Crippen molar-refractivity contribution in [1.82, 2.24) is 19.6 Å². The predicted molar refractivity (Wildman–Crippen MR) is 177 cm³/mol. The molecule has 2 saturated heterocycles. The Morgan fingerprint density at radius 3 is 2.28 bits per heavy atom. The average molecular weight is 624 g/mol. The summed E-state index contributed by atoms with van der Waals surface area (Å²) in [5.74, 6) is 0.768. The Morgan fingerprint density at radius 1 is 0.870 bits per heavy atom. The van der Waals surface area contributed by atoms with E-state index in [1.165, 1.54) is 4.90 Å². The van der Waals surface area contributed by atoms with E-state index in [9.17, 15) is 14.4 Å². The van der Waals surface area contributed by atoms with Crippen LogP contribution in [0.2, 0.25) is 0 Å². The number of ether oxygens (including phenoxy) is 2. The molecule has 1 unspecified atom stereocenters. The van der Waals surface area contributed by atoms with Crippen LogP contribution in [0.4, 0.5) is 5.69 Å². The zero-order valence-corrected chi connectivity index (χ0v) is 26.6. The minimum atomic E-state index is -0.190. The van der Waals surface area contributed by atoms with Gasteiger partial charge >= 0.3 is 0 Å². The van der Waals surface area contributed by atoms with Gasteiger partial charge in [0.05, 0.1) is 37.1 Å². The van der Waals surface area contributed by atoms with Crippen LogP contribution in [-0.2, 0) is 0 Å². The number of carbonyl (C=O) groups is 3. The monoisotopic (exact) mass is 623 g/mol. The molecule has 3 amide bonds. The molecule has 0 spiro atoms. The van der Waals surface area contributed by atoms with Gasteiger partial charge in [0.2, 0.25) is 0 Å². The molecule has 4 aliphatic heterocycles. The SMILES string of the molecule is CCC(CN1CCN(CCCOc2cc3c(cc2OC)C(=O)N2CCC[C@H]2C=N3)CC1)N1C(=O)c2cccc3cccc(c23)C1=O. The quantitative estimate of drug-likeness (QED) is 0.240. The van der Waals surface area contributed by atoms with E-state index in [4.69, 9.17) is 9.47 Å². The lowest BCUT2D eigenvalue weighted by molar-refractivity contribution is 0.0452. The summed E-state index contributed by atoms with van der Waals surface area (Å²) < 4.78 is 11.7. The lowest BCUT2D eigenvalue weighted by Crippen LogP contribution is -2.54.